The number of pyridine rings is 1. The number of halogens is 2. The molecule has 2 rings (SSSR count). The van der Waals surface area contributed by atoms with Crippen LogP contribution in [0.2, 0.25) is 0 Å². The first-order valence-corrected chi connectivity index (χ1v) is 6.44. The standard InChI is InChI=1S/C14H13BrFNO/c1-9(2)10-3-5-12(6-4-10)18-14-13(16)7-11(15)8-17-14/h3-9H,1-2H3. The molecule has 1 aromatic heterocycles. The van der Waals surface area contributed by atoms with E-state index in [1.54, 1.807) is 0 Å². The average molecular weight is 310 g/mol. The molecular formula is C14H13BrFNO. The lowest BCUT2D eigenvalue weighted by molar-refractivity contribution is 0.422. The molecule has 0 aliphatic heterocycles. The number of nitrogens with zero attached hydrogens (tertiary/aromatic N) is 1. The summed E-state index contributed by atoms with van der Waals surface area (Å²) in [6, 6.07) is 8.90. The summed E-state index contributed by atoms with van der Waals surface area (Å²) < 4.78 is 19.5. The highest BCUT2D eigenvalue weighted by molar-refractivity contribution is 9.10. The Morgan fingerprint density at radius 3 is 2.44 bits per heavy atom. The van der Waals surface area contributed by atoms with E-state index in [0.717, 1.165) is 0 Å². The van der Waals surface area contributed by atoms with Crippen LogP contribution in [0.4, 0.5) is 4.39 Å². The molecule has 0 N–H and O–H groups in total. The number of hydrogen-bond donors (Lipinski definition) is 0. The maximum atomic E-state index is 13.5. The highest BCUT2D eigenvalue weighted by Crippen LogP contribution is 2.25. The summed E-state index contributed by atoms with van der Waals surface area (Å²) in [6.45, 7) is 4.23. The van der Waals surface area contributed by atoms with Crippen molar-refractivity contribution >= 4 is 15.9 Å². The van der Waals surface area contributed by atoms with Gasteiger partial charge < -0.3 is 4.74 Å². The Hall–Kier alpha value is -1.42. The third-order valence-electron chi connectivity index (χ3n) is 2.54. The van der Waals surface area contributed by atoms with Gasteiger partial charge in [0, 0.05) is 10.7 Å². The number of aromatic nitrogens is 1. The van der Waals surface area contributed by atoms with E-state index in [9.17, 15) is 4.39 Å². The van der Waals surface area contributed by atoms with Crippen molar-refractivity contribution in [1.29, 1.82) is 0 Å². The van der Waals surface area contributed by atoms with Gasteiger partial charge in [0.1, 0.15) is 5.75 Å². The quantitative estimate of drug-likeness (QED) is 0.804. The molecule has 0 radical (unpaired) electrons. The smallest absolute Gasteiger partial charge is 0.255 e. The van der Waals surface area contributed by atoms with E-state index in [-0.39, 0.29) is 5.88 Å². The van der Waals surface area contributed by atoms with Crippen LogP contribution in [0.25, 0.3) is 0 Å². The number of benzene rings is 1. The molecule has 0 aliphatic carbocycles. The molecule has 94 valence electrons. The van der Waals surface area contributed by atoms with Gasteiger partial charge in [-0.15, -0.1) is 0 Å². The van der Waals surface area contributed by atoms with E-state index in [4.69, 9.17) is 4.74 Å². The second kappa shape index (κ2) is 5.48. The number of hydrogen-bond acceptors (Lipinski definition) is 2. The Bertz CT molecular complexity index is 540. The first-order valence-electron chi connectivity index (χ1n) is 5.65. The minimum atomic E-state index is -0.489. The molecule has 4 heteroatoms. The van der Waals surface area contributed by atoms with Crippen molar-refractivity contribution < 1.29 is 9.13 Å². The van der Waals surface area contributed by atoms with Crippen LogP contribution >= 0.6 is 15.9 Å². The van der Waals surface area contributed by atoms with Crippen LogP contribution < -0.4 is 4.74 Å². The molecule has 2 nitrogen and oxygen atoms in total. The normalized spacial score (nSPS) is 10.7. The van der Waals surface area contributed by atoms with Gasteiger partial charge in [0.25, 0.3) is 5.88 Å². The molecular weight excluding hydrogens is 297 g/mol. The van der Waals surface area contributed by atoms with Crippen molar-refractivity contribution in [2.24, 2.45) is 0 Å². The Morgan fingerprint density at radius 2 is 1.89 bits per heavy atom. The highest BCUT2D eigenvalue weighted by Gasteiger charge is 2.07. The van der Waals surface area contributed by atoms with E-state index in [0.29, 0.717) is 16.1 Å². The van der Waals surface area contributed by atoms with Gasteiger partial charge in [-0.1, -0.05) is 26.0 Å². The monoisotopic (exact) mass is 309 g/mol. The summed E-state index contributed by atoms with van der Waals surface area (Å²) in [7, 11) is 0. The van der Waals surface area contributed by atoms with Crippen LogP contribution in [0.15, 0.2) is 41.0 Å². The van der Waals surface area contributed by atoms with Gasteiger partial charge in [-0.3, -0.25) is 0 Å². The fourth-order valence-electron chi connectivity index (χ4n) is 1.51. The highest BCUT2D eigenvalue weighted by atomic mass is 79.9. The molecule has 0 aliphatic rings. The Kier molecular flexibility index (Phi) is 3.97. The molecule has 0 bridgehead atoms. The van der Waals surface area contributed by atoms with Gasteiger partial charge in [-0.25, -0.2) is 9.37 Å². The van der Waals surface area contributed by atoms with Crippen LogP contribution in [0.5, 0.6) is 11.6 Å². The van der Waals surface area contributed by atoms with Crippen molar-refractivity contribution in [1.82, 2.24) is 4.98 Å². The van der Waals surface area contributed by atoms with E-state index in [1.807, 2.05) is 24.3 Å². The first-order chi connectivity index (χ1) is 8.56. The van der Waals surface area contributed by atoms with Gasteiger partial charge in [-0.05, 0) is 45.6 Å². The summed E-state index contributed by atoms with van der Waals surface area (Å²) in [6.07, 6.45) is 1.50. The minimum Gasteiger partial charge on any atom is -0.436 e. The molecule has 2 aromatic rings. The first kappa shape index (κ1) is 13.0. The van der Waals surface area contributed by atoms with Gasteiger partial charge in [-0.2, -0.15) is 0 Å². The van der Waals surface area contributed by atoms with Crippen molar-refractivity contribution in [3.05, 3.63) is 52.4 Å². The summed E-state index contributed by atoms with van der Waals surface area (Å²) in [5.41, 5.74) is 1.21. The summed E-state index contributed by atoms with van der Waals surface area (Å²) in [5, 5.41) is 0. The van der Waals surface area contributed by atoms with E-state index in [2.05, 4.69) is 34.8 Å². The maximum absolute atomic E-state index is 13.5. The number of ether oxygens (including phenoxy) is 1. The molecule has 18 heavy (non-hydrogen) atoms. The zero-order chi connectivity index (χ0) is 13.1. The van der Waals surface area contributed by atoms with Crippen molar-refractivity contribution in [3.63, 3.8) is 0 Å². The SMILES string of the molecule is CC(C)c1ccc(Oc2ncc(Br)cc2F)cc1. The zero-order valence-electron chi connectivity index (χ0n) is 10.2. The van der Waals surface area contributed by atoms with Crippen LogP contribution in [0, 0.1) is 5.82 Å². The molecule has 1 heterocycles. The maximum Gasteiger partial charge on any atom is 0.255 e. The average Bonchev–Trinajstić information content (AvgIpc) is 2.33. The van der Waals surface area contributed by atoms with Crippen LogP contribution in [0.1, 0.15) is 25.3 Å². The van der Waals surface area contributed by atoms with Crippen molar-refractivity contribution in [2.45, 2.75) is 19.8 Å². The fraction of sp³-hybridized carbons (Fsp3) is 0.214. The molecule has 1 aromatic carbocycles. The van der Waals surface area contributed by atoms with E-state index in [1.165, 1.54) is 17.8 Å². The summed E-state index contributed by atoms with van der Waals surface area (Å²) >= 11 is 3.15. The molecule has 0 saturated heterocycles. The Balaban J connectivity index is 2.18. The lowest BCUT2D eigenvalue weighted by Gasteiger charge is -2.08. The van der Waals surface area contributed by atoms with Crippen molar-refractivity contribution in [3.8, 4) is 11.6 Å². The predicted octanol–water partition coefficient (Wildman–Crippen LogP) is 4.90. The second-order valence-corrected chi connectivity index (χ2v) is 5.18. The second-order valence-electron chi connectivity index (χ2n) is 4.27. The molecule has 0 fully saturated rings. The fourth-order valence-corrected chi connectivity index (χ4v) is 1.81. The van der Waals surface area contributed by atoms with Gasteiger partial charge >= 0.3 is 0 Å². The zero-order valence-corrected chi connectivity index (χ0v) is 11.7. The third-order valence-corrected chi connectivity index (χ3v) is 2.97. The lowest BCUT2D eigenvalue weighted by Crippen LogP contribution is -1.93. The summed E-state index contributed by atoms with van der Waals surface area (Å²) in [5.74, 6) is 0.530. The Labute approximate surface area is 114 Å². The third kappa shape index (κ3) is 3.07. The topological polar surface area (TPSA) is 22.1 Å². The van der Waals surface area contributed by atoms with Crippen LogP contribution in [-0.2, 0) is 0 Å². The minimum absolute atomic E-state index is 0.0181. The van der Waals surface area contributed by atoms with E-state index < -0.39 is 5.82 Å². The van der Waals surface area contributed by atoms with Crippen LogP contribution in [0.3, 0.4) is 0 Å². The summed E-state index contributed by atoms with van der Waals surface area (Å²) in [4.78, 5) is 3.89. The van der Waals surface area contributed by atoms with Gasteiger partial charge in [0.05, 0.1) is 0 Å². The van der Waals surface area contributed by atoms with Crippen LogP contribution in [-0.4, -0.2) is 4.98 Å². The predicted molar refractivity (Wildman–Crippen MR) is 72.5 cm³/mol. The molecule has 0 amide bonds. The Morgan fingerprint density at radius 1 is 1.22 bits per heavy atom. The van der Waals surface area contributed by atoms with Gasteiger partial charge in [0.2, 0.25) is 0 Å². The lowest BCUT2D eigenvalue weighted by atomic mass is 10.0. The largest absolute Gasteiger partial charge is 0.436 e. The van der Waals surface area contributed by atoms with Crippen molar-refractivity contribution in [2.75, 3.05) is 0 Å². The molecule has 0 unspecified atom stereocenters. The molecule has 0 spiro atoms. The molecule has 0 saturated carbocycles. The number of rotatable bonds is 3. The van der Waals surface area contributed by atoms with E-state index >= 15 is 0 Å². The molecule has 0 atom stereocenters. The van der Waals surface area contributed by atoms with Gasteiger partial charge in [0.15, 0.2) is 5.82 Å².